The summed E-state index contributed by atoms with van der Waals surface area (Å²) in [6, 6.07) is 13.8. The molecule has 3 aromatic rings. The first kappa shape index (κ1) is 17.3. The van der Waals surface area contributed by atoms with Crippen molar-refractivity contribution in [3.8, 4) is 5.69 Å². The van der Waals surface area contributed by atoms with Gasteiger partial charge in [-0.2, -0.15) is 5.10 Å². The maximum absolute atomic E-state index is 12.8. The number of amides is 1. The lowest BCUT2D eigenvalue weighted by Crippen LogP contribution is -2.21. The minimum Gasteiger partial charge on any atom is -0.367 e. The number of carbonyl (C=O) groups is 1. The van der Waals surface area contributed by atoms with Gasteiger partial charge in [0.15, 0.2) is 5.82 Å². The summed E-state index contributed by atoms with van der Waals surface area (Å²) in [6.45, 7) is 2.05. The maximum Gasteiger partial charge on any atom is 0.260 e. The molecule has 1 aliphatic carbocycles. The van der Waals surface area contributed by atoms with Gasteiger partial charge in [-0.25, -0.2) is 9.67 Å². The maximum atomic E-state index is 12.8. The van der Waals surface area contributed by atoms with Crippen LogP contribution < -0.4 is 10.6 Å². The molecule has 138 valence electrons. The second-order valence-corrected chi connectivity index (χ2v) is 6.96. The molecule has 0 unspecified atom stereocenters. The highest BCUT2D eigenvalue weighted by atomic mass is 16.1. The van der Waals surface area contributed by atoms with Crippen LogP contribution in [0.2, 0.25) is 0 Å². The van der Waals surface area contributed by atoms with Crippen LogP contribution in [0.5, 0.6) is 0 Å². The van der Waals surface area contributed by atoms with Gasteiger partial charge in [0, 0.05) is 24.5 Å². The Labute approximate surface area is 158 Å². The van der Waals surface area contributed by atoms with Crippen LogP contribution in [-0.4, -0.2) is 26.7 Å². The molecular formula is C21H23N5O. The number of hydrogen-bond donors (Lipinski definition) is 2. The zero-order valence-corrected chi connectivity index (χ0v) is 15.4. The predicted octanol–water partition coefficient (Wildman–Crippen LogP) is 4.18. The number of benzene rings is 1. The number of aryl methyl sites for hydroxylation is 1. The zero-order valence-electron chi connectivity index (χ0n) is 15.4. The third kappa shape index (κ3) is 4.00. The number of carbonyl (C=O) groups excluding carboxylic acids is 1. The van der Waals surface area contributed by atoms with Crippen molar-refractivity contribution in [2.45, 2.75) is 38.6 Å². The van der Waals surface area contributed by atoms with Crippen molar-refractivity contribution in [3.05, 3.63) is 66.0 Å². The number of hydrogen-bond acceptors (Lipinski definition) is 4. The van der Waals surface area contributed by atoms with Crippen molar-refractivity contribution in [3.63, 3.8) is 0 Å². The van der Waals surface area contributed by atoms with E-state index in [2.05, 4.69) is 20.7 Å². The first-order chi connectivity index (χ1) is 13.2. The van der Waals surface area contributed by atoms with Crippen molar-refractivity contribution in [2.75, 3.05) is 10.6 Å². The summed E-state index contributed by atoms with van der Waals surface area (Å²) in [7, 11) is 0. The van der Waals surface area contributed by atoms with Gasteiger partial charge < -0.3 is 10.6 Å². The molecule has 1 aliphatic rings. The fraction of sp³-hybridized carbons (Fsp3) is 0.286. The minimum absolute atomic E-state index is 0.210. The Bertz CT molecular complexity index is 926. The van der Waals surface area contributed by atoms with E-state index in [9.17, 15) is 4.79 Å². The summed E-state index contributed by atoms with van der Waals surface area (Å²) < 4.78 is 1.75. The molecular weight excluding hydrogens is 338 g/mol. The summed E-state index contributed by atoms with van der Waals surface area (Å²) in [5.74, 6) is 0.939. The predicted molar refractivity (Wildman–Crippen MR) is 106 cm³/mol. The SMILES string of the molecule is Cc1ccc(-n2ccc(NC(=O)c3cccnc3NC3CCCC3)n2)cc1. The fourth-order valence-corrected chi connectivity index (χ4v) is 3.38. The Balaban J connectivity index is 1.49. The lowest BCUT2D eigenvalue weighted by Gasteiger charge is -2.15. The second kappa shape index (κ2) is 7.61. The molecule has 2 heterocycles. The molecule has 2 N–H and O–H groups in total. The molecule has 0 saturated heterocycles. The molecule has 1 fully saturated rings. The van der Waals surface area contributed by atoms with Gasteiger partial charge in [0.1, 0.15) is 5.82 Å². The van der Waals surface area contributed by atoms with Crippen molar-refractivity contribution in [2.24, 2.45) is 0 Å². The number of pyridine rings is 1. The van der Waals surface area contributed by atoms with Gasteiger partial charge in [-0.05, 0) is 44.0 Å². The Morgan fingerprint density at radius 2 is 1.89 bits per heavy atom. The van der Waals surface area contributed by atoms with Crippen LogP contribution in [0.4, 0.5) is 11.6 Å². The Morgan fingerprint density at radius 3 is 2.67 bits per heavy atom. The smallest absolute Gasteiger partial charge is 0.260 e. The molecule has 0 spiro atoms. The highest BCUT2D eigenvalue weighted by Gasteiger charge is 2.19. The minimum atomic E-state index is -0.210. The van der Waals surface area contributed by atoms with Gasteiger partial charge in [-0.15, -0.1) is 0 Å². The van der Waals surface area contributed by atoms with Gasteiger partial charge in [0.25, 0.3) is 5.91 Å². The van der Waals surface area contributed by atoms with Gasteiger partial charge in [-0.1, -0.05) is 30.5 Å². The Morgan fingerprint density at radius 1 is 1.11 bits per heavy atom. The van der Waals surface area contributed by atoms with Crippen molar-refractivity contribution in [1.29, 1.82) is 0 Å². The molecule has 4 rings (SSSR count). The van der Waals surface area contributed by atoms with Crippen LogP contribution in [0, 0.1) is 6.92 Å². The Hall–Kier alpha value is -3.15. The van der Waals surface area contributed by atoms with Crippen molar-refractivity contribution < 1.29 is 4.79 Å². The quantitative estimate of drug-likeness (QED) is 0.715. The molecule has 0 atom stereocenters. The molecule has 2 aromatic heterocycles. The standard InChI is InChI=1S/C21H23N5O/c1-15-8-10-17(11-9-15)26-14-12-19(25-26)24-21(27)18-7-4-13-22-20(18)23-16-5-2-3-6-16/h4,7-14,16H,2-3,5-6H2,1H3,(H,22,23)(H,24,25,27). The molecule has 0 aliphatic heterocycles. The fourth-order valence-electron chi connectivity index (χ4n) is 3.38. The highest BCUT2D eigenvalue weighted by molar-refractivity contribution is 6.07. The van der Waals surface area contributed by atoms with Gasteiger partial charge in [0.2, 0.25) is 0 Å². The van der Waals surface area contributed by atoms with E-state index in [1.165, 1.54) is 18.4 Å². The van der Waals surface area contributed by atoms with Crippen molar-refractivity contribution in [1.82, 2.24) is 14.8 Å². The van der Waals surface area contributed by atoms with E-state index >= 15 is 0 Å². The van der Waals surface area contributed by atoms with Gasteiger partial charge in [0.05, 0.1) is 11.3 Å². The van der Waals surface area contributed by atoms with Crippen LogP contribution in [0.25, 0.3) is 5.69 Å². The van der Waals surface area contributed by atoms with E-state index in [0.717, 1.165) is 18.5 Å². The molecule has 1 saturated carbocycles. The van der Waals surface area contributed by atoms with Crippen molar-refractivity contribution >= 4 is 17.5 Å². The largest absolute Gasteiger partial charge is 0.367 e. The third-order valence-electron chi connectivity index (χ3n) is 4.88. The summed E-state index contributed by atoms with van der Waals surface area (Å²) in [6.07, 6.45) is 8.24. The molecule has 0 bridgehead atoms. The summed E-state index contributed by atoms with van der Waals surface area (Å²) in [4.78, 5) is 17.1. The Kier molecular flexibility index (Phi) is 4.87. The number of anilines is 2. The number of nitrogens with zero attached hydrogens (tertiary/aromatic N) is 3. The van der Waals surface area contributed by atoms with Crippen LogP contribution in [0.1, 0.15) is 41.6 Å². The average molecular weight is 361 g/mol. The van der Waals surface area contributed by atoms with Gasteiger partial charge >= 0.3 is 0 Å². The van der Waals surface area contributed by atoms with E-state index < -0.39 is 0 Å². The first-order valence-corrected chi connectivity index (χ1v) is 9.35. The lowest BCUT2D eigenvalue weighted by atomic mass is 10.2. The van der Waals surface area contributed by atoms with Crippen LogP contribution in [0.15, 0.2) is 54.9 Å². The molecule has 27 heavy (non-hydrogen) atoms. The normalized spacial score (nSPS) is 14.3. The third-order valence-corrected chi connectivity index (χ3v) is 4.88. The molecule has 0 radical (unpaired) electrons. The lowest BCUT2D eigenvalue weighted by molar-refractivity contribution is 0.102. The topological polar surface area (TPSA) is 71.8 Å². The number of nitrogens with one attached hydrogen (secondary N) is 2. The van der Waals surface area contributed by atoms with E-state index in [1.54, 1.807) is 29.1 Å². The average Bonchev–Trinajstić information content (AvgIpc) is 3.35. The van der Waals surface area contributed by atoms with Gasteiger partial charge in [-0.3, -0.25) is 4.79 Å². The number of aromatic nitrogens is 3. The van der Waals surface area contributed by atoms with E-state index in [4.69, 9.17) is 0 Å². The van der Waals surface area contributed by atoms with E-state index in [1.807, 2.05) is 37.4 Å². The molecule has 1 aromatic carbocycles. The second-order valence-electron chi connectivity index (χ2n) is 6.96. The zero-order chi connectivity index (χ0) is 18.6. The summed E-state index contributed by atoms with van der Waals surface area (Å²) in [5.41, 5.74) is 2.68. The molecule has 6 heteroatoms. The summed E-state index contributed by atoms with van der Waals surface area (Å²) >= 11 is 0. The monoisotopic (exact) mass is 361 g/mol. The first-order valence-electron chi connectivity index (χ1n) is 9.35. The molecule has 6 nitrogen and oxygen atoms in total. The van der Waals surface area contributed by atoms with Crippen LogP contribution in [0.3, 0.4) is 0 Å². The van der Waals surface area contributed by atoms with E-state index in [0.29, 0.717) is 23.2 Å². The number of rotatable bonds is 5. The van der Waals surface area contributed by atoms with Crippen LogP contribution in [-0.2, 0) is 0 Å². The summed E-state index contributed by atoms with van der Waals surface area (Å²) in [5, 5.41) is 10.7. The van der Waals surface area contributed by atoms with E-state index in [-0.39, 0.29) is 5.91 Å². The molecule has 1 amide bonds. The highest BCUT2D eigenvalue weighted by Crippen LogP contribution is 2.23. The van der Waals surface area contributed by atoms with Crippen LogP contribution >= 0.6 is 0 Å².